The van der Waals surface area contributed by atoms with Crippen molar-refractivity contribution in [2.24, 2.45) is 5.73 Å². The van der Waals surface area contributed by atoms with E-state index in [1.165, 1.54) is 12.1 Å². The average Bonchev–Trinajstić information content (AvgIpc) is 2.32. The minimum absolute atomic E-state index is 0.285. The van der Waals surface area contributed by atoms with Crippen molar-refractivity contribution in [3.05, 3.63) is 34.6 Å². The molecular weight excluding hydrogens is 241 g/mol. The van der Waals surface area contributed by atoms with E-state index in [1.807, 2.05) is 13.8 Å². The van der Waals surface area contributed by atoms with Crippen LogP contribution in [0, 0.1) is 5.82 Å². The monoisotopic (exact) mass is 259 g/mol. The molecule has 0 aliphatic rings. The second-order valence-electron chi connectivity index (χ2n) is 4.30. The normalized spacial score (nSPS) is 11.8. The summed E-state index contributed by atoms with van der Waals surface area (Å²) in [5, 5.41) is 0.389. The summed E-state index contributed by atoms with van der Waals surface area (Å²) in [6.07, 6.45) is 1.72. The first-order chi connectivity index (χ1) is 8.00. The SMILES string of the molecule is CCC(N)(CC)COCc1ccc(F)cc1Cl. The maximum absolute atomic E-state index is 12.8. The van der Waals surface area contributed by atoms with Crippen molar-refractivity contribution in [3.8, 4) is 0 Å². The van der Waals surface area contributed by atoms with Crippen LogP contribution in [0.15, 0.2) is 18.2 Å². The Balaban J connectivity index is 2.51. The van der Waals surface area contributed by atoms with Crippen molar-refractivity contribution in [2.45, 2.75) is 38.8 Å². The standard InChI is InChI=1S/C13H19ClFNO/c1-3-13(16,4-2)9-17-8-10-5-6-11(15)7-12(10)14/h5-7H,3-4,8-9,16H2,1-2H3. The molecule has 0 amide bonds. The summed E-state index contributed by atoms with van der Waals surface area (Å²) in [5.41, 5.74) is 6.60. The molecule has 17 heavy (non-hydrogen) atoms. The van der Waals surface area contributed by atoms with E-state index in [1.54, 1.807) is 6.07 Å². The van der Waals surface area contributed by atoms with Gasteiger partial charge in [-0.1, -0.05) is 31.5 Å². The number of hydrogen-bond donors (Lipinski definition) is 1. The summed E-state index contributed by atoms with van der Waals surface area (Å²) in [4.78, 5) is 0. The van der Waals surface area contributed by atoms with Gasteiger partial charge in [0.05, 0.1) is 13.2 Å². The Morgan fingerprint density at radius 1 is 1.35 bits per heavy atom. The summed E-state index contributed by atoms with van der Waals surface area (Å²) in [6.45, 7) is 4.92. The number of rotatable bonds is 6. The van der Waals surface area contributed by atoms with Crippen LogP contribution in [-0.2, 0) is 11.3 Å². The Morgan fingerprint density at radius 2 is 2.00 bits per heavy atom. The third-order valence-corrected chi connectivity index (χ3v) is 3.42. The Morgan fingerprint density at radius 3 is 2.53 bits per heavy atom. The van der Waals surface area contributed by atoms with E-state index in [2.05, 4.69) is 0 Å². The quantitative estimate of drug-likeness (QED) is 0.849. The third kappa shape index (κ3) is 4.26. The summed E-state index contributed by atoms with van der Waals surface area (Å²) in [7, 11) is 0. The molecule has 0 aliphatic heterocycles. The van der Waals surface area contributed by atoms with E-state index in [9.17, 15) is 4.39 Å². The van der Waals surface area contributed by atoms with Gasteiger partial charge in [-0.15, -0.1) is 0 Å². The smallest absolute Gasteiger partial charge is 0.124 e. The highest BCUT2D eigenvalue weighted by Gasteiger charge is 2.20. The van der Waals surface area contributed by atoms with Crippen molar-refractivity contribution >= 4 is 11.6 Å². The Hall–Kier alpha value is -0.640. The Kier molecular flexibility index (Phi) is 5.37. The summed E-state index contributed by atoms with van der Waals surface area (Å²) in [6, 6.07) is 4.29. The lowest BCUT2D eigenvalue weighted by Gasteiger charge is -2.26. The molecule has 4 heteroatoms. The van der Waals surface area contributed by atoms with Gasteiger partial charge in [-0.2, -0.15) is 0 Å². The number of benzene rings is 1. The van der Waals surface area contributed by atoms with Gasteiger partial charge in [-0.3, -0.25) is 0 Å². The molecule has 1 aromatic rings. The number of halogens is 2. The first-order valence-electron chi connectivity index (χ1n) is 5.81. The lowest BCUT2D eigenvalue weighted by molar-refractivity contribution is 0.0696. The predicted octanol–water partition coefficient (Wildman–Crippen LogP) is 3.51. The van der Waals surface area contributed by atoms with Crippen LogP contribution in [0.5, 0.6) is 0 Å². The zero-order chi connectivity index (χ0) is 12.9. The van der Waals surface area contributed by atoms with Crippen LogP contribution < -0.4 is 5.73 Å². The van der Waals surface area contributed by atoms with Gasteiger partial charge in [0, 0.05) is 10.6 Å². The van der Waals surface area contributed by atoms with Gasteiger partial charge in [0.2, 0.25) is 0 Å². The van der Waals surface area contributed by atoms with Gasteiger partial charge in [-0.25, -0.2) is 4.39 Å². The maximum atomic E-state index is 12.8. The molecular formula is C13H19ClFNO. The molecule has 0 bridgehead atoms. The van der Waals surface area contributed by atoms with Crippen molar-refractivity contribution in [1.29, 1.82) is 0 Å². The van der Waals surface area contributed by atoms with Gasteiger partial charge in [-0.05, 0) is 30.5 Å². The molecule has 0 heterocycles. The number of ether oxygens (including phenoxy) is 1. The first kappa shape index (κ1) is 14.4. The molecule has 0 radical (unpaired) electrons. The third-order valence-electron chi connectivity index (χ3n) is 3.07. The van der Waals surface area contributed by atoms with Crippen molar-refractivity contribution < 1.29 is 9.13 Å². The first-order valence-corrected chi connectivity index (χ1v) is 6.19. The molecule has 0 saturated heterocycles. The number of nitrogens with two attached hydrogens (primary N) is 1. The largest absolute Gasteiger partial charge is 0.375 e. The zero-order valence-electron chi connectivity index (χ0n) is 10.3. The molecule has 0 spiro atoms. The van der Waals surface area contributed by atoms with Gasteiger partial charge in [0.15, 0.2) is 0 Å². The van der Waals surface area contributed by atoms with E-state index in [0.29, 0.717) is 18.2 Å². The van der Waals surface area contributed by atoms with Crippen molar-refractivity contribution in [3.63, 3.8) is 0 Å². The summed E-state index contributed by atoms with van der Waals surface area (Å²) >= 11 is 5.90. The summed E-state index contributed by atoms with van der Waals surface area (Å²) < 4.78 is 18.4. The van der Waals surface area contributed by atoms with Crippen LogP contribution in [0.4, 0.5) is 4.39 Å². The molecule has 0 aromatic heterocycles. The zero-order valence-corrected chi connectivity index (χ0v) is 11.1. The Labute approximate surface area is 107 Å². The second kappa shape index (κ2) is 6.34. The van der Waals surface area contributed by atoms with Crippen LogP contribution in [0.25, 0.3) is 0 Å². The fourth-order valence-electron chi connectivity index (χ4n) is 1.46. The Bertz CT molecular complexity index is 366. The van der Waals surface area contributed by atoms with Crippen LogP contribution in [0.2, 0.25) is 5.02 Å². The highest BCUT2D eigenvalue weighted by Crippen LogP contribution is 2.19. The molecule has 0 aliphatic carbocycles. The van der Waals surface area contributed by atoms with E-state index in [4.69, 9.17) is 22.1 Å². The second-order valence-corrected chi connectivity index (χ2v) is 4.71. The maximum Gasteiger partial charge on any atom is 0.124 e. The molecule has 2 nitrogen and oxygen atoms in total. The lowest BCUT2D eigenvalue weighted by Crippen LogP contribution is -2.43. The molecule has 0 fully saturated rings. The van der Waals surface area contributed by atoms with Crippen LogP contribution in [0.3, 0.4) is 0 Å². The molecule has 1 aromatic carbocycles. The molecule has 0 saturated carbocycles. The lowest BCUT2D eigenvalue weighted by atomic mass is 9.96. The van der Waals surface area contributed by atoms with Crippen LogP contribution in [-0.4, -0.2) is 12.1 Å². The average molecular weight is 260 g/mol. The number of hydrogen-bond acceptors (Lipinski definition) is 2. The van der Waals surface area contributed by atoms with Gasteiger partial charge < -0.3 is 10.5 Å². The fraction of sp³-hybridized carbons (Fsp3) is 0.538. The predicted molar refractivity (Wildman–Crippen MR) is 68.6 cm³/mol. The minimum atomic E-state index is -0.339. The molecule has 96 valence electrons. The van der Waals surface area contributed by atoms with E-state index in [0.717, 1.165) is 18.4 Å². The highest BCUT2D eigenvalue weighted by atomic mass is 35.5. The fourth-order valence-corrected chi connectivity index (χ4v) is 1.68. The van der Waals surface area contributed by atoms with Crippen LogP contribution >= 0.6 is 11.6 Å². The molecule has 0 unspecified atom stereocenters. The van der Waals surface area contributed by atoms with Crippen LogP contribution in [0.1, 0.15) is 32.3 Å². The van der Waals surface area contributed by atoms with Gasteiger partial charge in [0.1, 0.15) is 5.82 Å². The van der Waals surface area contributed by atoms with E-state index < -0.39 is 0 Å². The van der Waals surface area contributed by atoms with Gasteiger partial charge >= 0.3 is 0 Å². The van der Waals surface area contributed by atoms with Crippen molar-refractivity contribution in [2.75, 3.05) is 6.61 Å². The molecule has 0 atom stereocenters. The van der Waals surface area contributed by atoms with E-state index >= 15 is 0 Å². The van der Waals surface area contributed by atoms with Gasteiger partial charge in [0.25, 0.3) is 0 Å². The molecule has 1 rings (SSSR count). The van der Waals surface area contributed by atoms with E-state index in [-0.39, 0.29) is 11.4 Å². The topological polar surface area (TPSA) is 35.2 Å². The highest BCUT2D eigenvalue weighted by molar-refractivity contribution is 6.31. The van der Waals surface area contributed by atoms with Crippen molar-refractivity contribution in [1.82, 2.24) is 0 Å². The molecule has 2 N–H and O–H groups in total. The summed E-state index contributed by atoms with van der Waals surface area (Å²) in [5.74, 6) is -0.339. The minimum Gasteiger partial charge on any atom is -0.375 e.